The molecule has 1 aliphatic carbocycles. The molecule has 2 aliphatic rings. The zero-order valence-electron chi connectivity index (χ0n) is 16.5. The standard InChI is InChI=1S/C23H21FN4O2/c1-14-9-18(24)22(27-12-14)30-20-11-15-10-19(20)28(13-15)23(29)17-6-3-2-5-16(17)21-25-7-4-8-26-21/h2-9,12,15,19-20H,10-11,13H2,1H3. The summed E-state index contributed by atoms with van der Waals surface area (Å²) in [5.74, 6) is 0.323. The van der Waals surface area contributed by atoms with E-state index in [1.54, 1.807) is 37.6 Å². The van der Waals surface area contributed by atoms with Gasteiger partial charge in [-0.25, -0.2) is 19.3 Å². The van der Waals surface area contributed by atoms with Gasteiger partial charge in [-0.15, -0.1) is 0 Å². The number of aryl methyl sites for hydroxylation is 1. The fourth-order valence-electron chi connectivity index (χ4n) is 4.53. The lowest BCUT2D eigenvalue weighted by Crippen LogP contribution is -2.47. The molecule has 1 aliphatic heterocycles. The Morgan fingerprint density at radius 2 is 1.93 bits per heavy atom. The number of piperidine rings is 1. The van der Waals surface area contributed by atoms with E-state index in [0.717, 1.165) is 18.4 Å². The number of hydrogen-bond donors (Lipinski definition) is 0. The van der Waals surface area contributed by atoms with E-state index in [-0.39, 0.29) is 23.9 Å². The van der Waals surface area contributed by atoms with Gasteiger partial charge in [-0.05, 0) is 49.4 Å². The van der Waals surface area contributed by atoms with Crippen molar-refractivity contribution in [3.8, 4) is 17.3 Å². The number of pyridine rings is 1. The maximum absolute atomic E-state index is 14.2. The number of amides is 1. The Hall–Kier alpha value is -3.35. The van der Waals surface area contributed by atoms with Crippen LogP contribution in [0, 0.1) is 18.7 Å². The second-order valence-electron chi connectivity index (χ2n) is 7.94. The van der Waals surface area contributed by atoms with Crippen LogP contribution in [0.25, 0.3) is 11.4 Å². The largest absolute Gasteiger partial charge is 0.470 e. The summed E-state index contributed by atoms with van der Waals surface area (Å²) in [4.78, 5) is 28.0. The van der Waals surface area contributed by atoms with Gasteiger partial charge >= 0.3 is 0 Å². The van der Waals surface area contributed by atoms with Gasteiger partial charge in [0.2, 0.25) is 0 Å². The molecule has 3 unspecified atom stereocenters. The molecule has 6 nitrogen and oxygen atoms in total. The number of halogens is 1. The van der Waals surface area contributed by atoms with Crippen molar-refractivity contribution in [1.29, 1.82) is 0 Å². The maximum atomic E-state index is 14.2. The van der Waals surface area contributed by atoms with Crippen molar-refractivity contribution < 1.29 is 13.9 Å². The Balaban J connectivity index is 1.40. The van der Waals surface area contributed by atoms with E-state index in [2.05, 4.69) is 15.0 Å². The van der Waals surface area contributed by atoms with Crippen molar-refractivity contribution in [3.05, 3.63) is 71.9 Å². The molecule has 3 aromatic rings. The van der Waals surface area contributed by atoms with Crippen LogP contribution in [0.2, 0.25) is 0 Å². The first-order valence-corrected chi connectivity index (χ1v) is 10.1. The quantitative estimate of drug-likeness (QED) is 0.664. The molecule has 0 N–H and O–H groups in total. The molecule has 2 aromatic heterocycles. The molecule has 30 heavy (non-hydrogen) atoms. The Kier molecular flexibility index (Phi) is 4.65. The van der Waals surface area contributed by atoms with Gasteiger partial charge < -0.3 is 9.64 Å². The van der Waals surface area contributed by atoms with Crippen molar-refractivity contribution in [3.63, 3.8) is 0 Å². The average molecular weight is 404 g/mol. The molecule has 3 heterocycles. The van der Waals surface area contributed by atoms with Crippen LogP contribution in [0.5, 0.6) is 5.88 Å². The fraction of sp³-hybridized carbons (Fsp3) is 0.304. The summed E-state index contributed by atoms with van der Waals surface area (Å²) in [5, 5.41) is 0. The highest BCUT2D eigenvalue weighted by Gasteiger charge is 2.49. The first kappa shape index (κ1) is 18.7. The molecule has 0 radical (unpaired) electrons. The minimum absolute atomic E-state index is 0.00337. The van der Waals surface area contributed by atoms with Gasteiger partial charge in [0.1, 0.15) is 6.10 Å². The van der Waals surface area contributed by atoms with Crippen molar-refractivity contribution in [2.75, 3.05) is 6.54 Å². The molecule has 1 saturated heterocycles. The van der Waals surface area contributed by atoms with E-state index in [1.807, 2.05) is 23.1 Å². The number of carbonyl (C=O) groups is 1. The number of carbonyl (C=O) groups excluding carboxylic acids is 1. The van der Waals surface area contributed by atoms with Gasteiger partial charge in [0.25, 0.3) is 11.8 Å². The molecule has 0 spiro atoms. The third-order valence-corrected chi connectivity index (χ3v) is 5.86. The average Bonchev–Trinajstić information content (AvgIpc) is 3.36. The summed E-state index contributed by atoms with van der Waals surface area (Å²) in [6.07, 6.45) is 6.30. The highest BCUT2D eigenvalue weighted by Crippen LogP contribution is 2.41. The second kappa shape index (κ2) is 7.48. The number of benzene rings is 1. The summed E-state index contributed by atoms with van der Waals surface area (Å²) in [7, 11) is 0. The Bertz CT molecular complexity index is 1090. The molecule has 1 amide bonds. The van der Waals surface area contributed by atoms with Crippen LogP contribution in [-0.2, 0) is 0 Å². The zero-order chi connectivity index (χ0) is 20.7. The third kappa shape index (κ3) is 3.30. The van der Waals surface area contributed by atoms with Gasteiger partial charge in [0.15, 0.2) is 11.6 Å². The van der Waals surface area contributed by atoms with Gasteiger partial charge in [-0.1, -0.05) is 18.2 Å². The summed E-state index contributed by atoms with van der Waals surface area (Å²) in [6, 6.07) is 10.4. The van der Waals surface area contributed by atoms with Crippen molar-refractivity contribution in [1.82, 2.24) is 19.9 Å². The van der Waals surface area contributed by atoms with E-state index < -0.39 is 5.82 Å². The monoisotopic (exact) mass is 404 g/mol. The van der Waals surface area contributed by atoms with Crippen LogP contribution in [0.4, 0.5) is 4.39 Å². The summed E-state index contributed by atoms with van der Waals surface area (Å²) in [6.45, 7) is 2.46. The van der Waals surface area contributed by atoms with Crippen molar-refractivity contribution in [2.45, 2.75) is 31.9 Å². The van der Waals surface area contributed by atoms with Crippen LogP contribution < -0.4 is 4.74 Å². The van der Waals surface area contributed by atoms with E-state index in [9.17, 15) is 9.18 Å². The summed E-state index contributed by atoms with van der Waals surface area (Å²) in [5.41, 5.74) is 2.01. The SMILES string of the molecule is Cc1cnc(OC2CC3CC2N(C(=O)c2ccccc2-c2ncccn2)C3)c(F)c1. The first-order valence-electron chi connectivity index (χ1n) is 10.1. The Morgan fingerprint density at radius 3 is 2.70 bits per heavy atom. The molecule has 1 saturated carbocycles. The van der Waals surface area contributed by atoms with E-state index in [1.165, 1.54) is 6.07 Å². The minimum Gasteiger partial charge on any atom is -0.470 e. The number of hydrogen-bond acceptors (Lipinski definition) is 5. The lowest BCUT2D eigenvalue weighted by atomic mass is 10.0. The van der Waals surface area contributed by atoms with Gasteiger partial charge in [-0.2, -0.15) is 0 Å². The van der Waals surface area contributed by atoms with Crippen LogP contribution in [0.3, 0.4) is 0 Å². The molecule has 152 valence electrons. The first-order chi connectivity index (χ1) is 14.6. The zero-order valence-corrected chi connectivity index (χ0v) is 16.5. The maximum Gasteiger partial charge on any atom is 0.254 e. The van der Waals surface area contributed by atoms with Gasteiger partial charge in [0.05, 0.1) is 11.6 Å². The van der Waals surface area contributed by atoms with E-state index >= 15 is 0 Å². The number of likely N-dealkylation sites (tertiary alicyclic amines) is 1. The van der Waals surface area contributed by atoms with Crippen LogP contribution >= 0.6 is 0 Å². The Morgan fingerprint density at radius 1 is 1.13 bits per heavy atom. The molecule has 2 bridgehead atoms. The molecule has 2 fully saturated rings. The lowest BCUT2D eigenvalue weighted by Gasteiger charge is -2.33. The molecular weight excluding hydrogens is 383 g/mol. The number of aromatic nitrogens is 3. The highest BCUT2D eigenvalue weighted by molar-refractivity contribution is 6.00. The van der Waals surface area contributed by atoms with Gasteiger partial charge in [0, 0.05) is 30.7 Å². The van der Waals surface area contributed by atoms with Crippen molar-refractivity contribution in [2.24, 2.45) is 5.92 Å². The van der Waals surface area contributed by atoms with Crippen molar-refractivity contribution >= 4 is 5.91 Å². The topological polar surface area (TPSA) is 68.2 Å². The molecule has 3 atom stereocenters. The number of ether oxygens (including phenoxy) is 1. The summed E-state index contributed by atoms with van der Waals surface area (Å²) < 4.78 is 20.1. The smallest absolute Gasteiger partial charge is 0.254 e. The second-order valence-corrected chi connectivity index (χ2v) is 7.94. The molecule has 5 rings (SSSR count). The molecule has 1 aromatic carbocycles. The van der Waals surface area contributed by atoms with E-state index in [0.29, 0.717) is 29.4 Å². The predicted molar refractivity (Wildman–Crippen MR) is 108 cm³/mol. The Labute approximate surface area is 173 Å². The fourth-order valence-corrected chi connectivity index (χ4v) is 4.53. The lowest BCUT2D eigenvalue weighted by molar-refractivity contribution is 0.0456. The number of fused-ring (bicyclic) bond motifs is 2. The van der Waals surface area contributed by atoms with E-state index in [4.69, 9.17) is 4.74 Å². The summed E-state index contributed by atoms with van der Waals surface area (Å²) >= 11 is 0. The molecule has 7 heteroatoms. The minimum atomic E-state index is -0.470. The number of nitrogens with zero attached hydrogens (tertiary/aromatic N) is 4. The van der Waals surface area contributed by atoms with Gasteiger partial charge in [-0.3, -0.25) is 4.79 Å². The van der Waals surface area contributed by atoms with Crippen LogP contribution in [0.15, 0.2) is 55.0 Å². The highest BCUT2D eigenvalue weighted by atomic mass is 19.1. The van der Waals surface area contributed by atoms with Crippen LogP contribution in [-0.4, -0.2) is 44.4 Å². The van der Waals surface area contributed by atoms with Crippen LogP contribution in [0.1, 0.15) is 28.8 Å². The predicted octanol–water partition coefficient (Wildman–Crippen LogP) is 3.67. The normalized spacial score (nSPS) is 22.3. The number of rotatable bonds is 4. The molecular formula is C23H21FN4O2. The third-order valence-electron chi connectivity index (χ3n) is 5.86.